The lowest BCUT2D eigenvalue weighted by Crippen LogP contribution is -2.30. The van der Waals surface area contributed by atoms with Gasteiger partial charge in [0, 0.05) is 11.9 Å². The summed E-state index contributed by atoms with van der Waals surface area (Å²) in [6.45, 7) is 0. The smallest absolute Gasteiger partial charge is 0.323 e. The lowest BCUT2D eigenvalue weighted by atomic mass is 10.0. The second-order valence-corrected chi connectivity index (χ2v) is 10.1. The predicted octanol–water partition coefficient (Wildman–Crippen LogP) is 4.90. The summed E-state index contributed by atoms with van der Waals surface area (Å²) >= 11 is 0. The van der Waals surface area contributed by atoms with Gasteiger partial charge in [-0.3, -0.25) is 9.78 Å². The van der Waals surface area contributed by atoms with Crippen LogP contribution < -0.4 is 20.1 Å². The number of hydrogen-bond donors (Lipinski definition) is 4. The normalized spacial score (nSPS) is 11.8. The molecule has 0 fully saturated rings. The molecule has 2 amide bonds. The zero-order valence-corrected chi connectivity index (χ0v) is 21.7. The van der Waals surface area contributed by atoms with Gasteiger partial charge in [-0.25, -0.2) is 17.9 Å². The number of carboxylic acid groups (broad SMARTS) is 1. The lowest BCUT2D eigenvalue weighted by Gasteiger charge is -2.19. The van der Waals surface area contributed by atoms with E-state index in [2.05, 4.69) is 20.3 Å². The van der Waals surface area contributed by atoms with Crippen LogP contribution in [0.2, 0.25) is 0 Å². The highest BCUT2D eigenvalue weighted by molar-refractivity contribution is 7.89. The minimum atomic E-state index is -4.21. The number of aromatic nitrogens is 1. The number of anilines is 2. The van der Waals surface area contributed by atoms with Crippen molar-refractivity contribution in [2.75, 3.05) is 17.7 Å². The fraction of sp³-hybridized carbons (Fsp3) is 0.107. The molecule has 39 heavy (non-hydrogen) atoms. The van der Waals surface area contributed by atoms with Gasteiger partial charge in [-0.1, -0.05) is 48.5 Å². The van der Waals surface area contributed by atoms with Gasteiger partial charge in [-0.05, 0) is 53.1 Å². The van der Waals surface area contributed by atoms with Crippen LogP contribution in [0.15, 0.2) is 102 Å². The number of methoxy groups -OCH3 is 1. The van der Waals surface area contributed by atoms with Gasteiger partial charge < -0.3 is 20.5 Å². The van der Waals surface area contributed by atoms with Gasteiger partial charge in [-0.15, -0.1) is 0 Å². The zero-order chi connectivity index (χ0) is 27.8. The van der Waals surface area contributed by atoms with Crippen LogP contribution in [0.1, 0.15) is 18.0 Å². The number of benzene rings is 3. The van der Waals surface area contributed by atoms with E-state index in [9.17, 15) is 23.1 Å². The highest BCUT2D eigenvalue weighted by Crippen LogP contribution is 2.32. The quantitative estimate of drug-likeness (QED) is 0.221. The lowest BCUT2D eigenvalue weighted by molar-refractivity contribution is -0.137. The molecule has 0 spiro atoms. The molecule has 3 aromatic carbocycles. The number of hydrogen-bond acceptors (Lipinski definition) is 6. The van der Waals surface area contributed by atoms with Crippen molar-refractivity contribution in [3.8, 4) is 16.9 Å². The number of rotatable bonds is 10. The van der Waals surface area contributed by atoms with E-state index in [-0.39, 0.29) is 10.6 Å². The summed E-state index contributed by atoms with van der Waals surface area (Å²) in [5, 5.41) is 14.8. The molecule has 0 bridgehead atoms. The average Bonchev–Trinajstić information content (AvgIpc) is 2.93. The van der Waals surface area contributed by atoms with Crippen molar-refractivity contribution in [3.63, 3.8) is 0 Å². The summed E-state index contributed by atoms with van der Waals surface area (Å²) in [6, 6.07) is 22.0. The van der Waals surface area contributed by atoms with Crippen LogP contribution in [0.5, 0.6) is 5.75 Å². The van der Waals surface area contributed by atoms with Crippen LogP contribution in [-0.4, -0.2) is 37.6 Å². The summed E-state index contributed by atoms with van der Waals surface area (Å²) < 4.78 is 34.8. The van der Waals surface area contributed by atoms with E-state index in [1.807, 2.05) is 0 Å². The molecule has 1 unspecified atom stereocenters. The summed E-state index contributed by atoms with van der Waals surface area (Å²) in [6.07, 6.45) is 2.67. The maximum atomic E-state index is 13.5. The molecule has 1 aromatic heterocycles. The Morgan fingerprint density at radius 1 is 0.897 bits per heavy atom. The van der Waals surface area contributed by atoms with Crippen molar-refractivity contribution in [3.05, 3.63) is 103 Å². The van der Waals surface area contributed by atoms with Crippen LogP contribution >= 0.6 is 0 Å². The van der Waals surface area contributed by atoms with Crippen LogP contribution in [0, 0.1) is 0 Å². The Hall–Kier alpha value is -4.74. The van der Waals surface area contributed by atoms with Crippen molar-refractivity contribution in [1.29, 1.82) is 0 Å². The van der Waals surface area contributed by atoms with E-state index in [0.29, 0.717) is 28.1 Å². The van der Waals surface area contributed by atoms with Crippen molar-refractivity contribution < 1.29 is 27.9 Å². The van der Waals surface area contributed by atoms with Crippen LogP contribution in [0.3, 0.4) is 0 Å². The van der Waals surface area contributed by atoms with E-state index < -0.39 is 34.5 Å². The first-order valence-corrected chi connectivity index (χ1v) is 13.3. The summed E-state index contributed by atoms with van der Waals surface area (Å²) in [7, 11) is -2.86. The third-order valence-electron chi connectivity index (χ3n) is 5.70. The van der Waals surface area contributed by atoms with Crippen LogP contribution in [-0.2, 0) is 14.8 Å². The molecule has 0 saturated carbocycles. The summed E-state index contributed by atoms with van der Waals surface area (Å²) in [5.41, 5.74) is 2.71. The molecule has 11 heteroatoms. The van der Waals surface area contributed by atoms with Crippen molar-refractivity contribution in [2.45, 2.75) is 17.4 Å². The first kappa shape index (κ1) is 27.3. The number of carbonyl (C=O) groups excluding carboxylic acids is 1. The van der Waals surface area contributed by atoms with Gasteiger partial charge in [0.2, 0.25) is 10.0 Å². The molecular formula is C28H26N4O6S. The predicted molar refractivity (Wildman–Crippen MR) is 147 cm³/mol. The van der Waals surface area contributed by atoms with Gasteiger partial charge >= 0.3 is 12.0 Å². The first-order chi connectivity index (χ1) is 18.7. The maximum absolute atomic E-state index is 13.5. The number of urea groups is 1. The van der Waals surface area contributed by atoms with Gasteiger partial charge in [0.1, 0.15) is 10.6 Å². The number of carbonyl (C=O) groups is 2. The third-order valence-corrected chi connectivity index (χ3v) is 7.20. The second kappa shape index (κ2) is 12.2. The summed E-state index contributed by atoms with van der Waals surface area (Å²) in [5.74, 6) is -1.05. The molecule has 10 nitrogen and oxygen atoms in total. The monoisotopic (exact) mass is 546 g/mol. The highest BCUT2D eigenvalue weighted by atomic mass is 32.2. The number of nitrogens with one attached hydrogen (secondary N) is 3. The van der Waals surface area contributed by atoms with E-state index in [0.717, 1.165) is 0 Å². The van der Waals surface area contributed by atoms with E-state index in [1.165, 1.54) is 25.4 Å². The Morgan fingerprint density at radius 2 is 1.62 bits per heavy atom. The van der Waals surface area contributed by atoms with Gasteiger partial charge in [-0.2, -0.15) is 0 Å². The standard InChI is InChI=1S/C28H26N4O6S/c1-38-25-13-12-21(20-9-5-10-22(15-20)30-28(35)31-23-11-6-14-29-18-23)16-26(25)39(36,37)32-24(17-27(33)34)19-7-3-2-4-8-19/h2-16,18,24,32H,17H2,1H3,(H,33,34)(H2,30,31,35). The number of sulfonamides is 1. The minimum Gasteiger partial charge on any atom is -0.495 e. The number of pyridine rings is 1. The zero-order valence-electron chi connectivity index (χ0n) is 20.9. The van der Waals surface area contributed by atoms with Crippen LogP contribution in [0.25, 0.3) is 11.1 Å². The van der Waals surface area contributed by atoms with Crippen molar-refractivity contribution in [1.82, 2.24) is 9.71 Å². The number of carboxylic acids is 1. The molecule has 1 atom stereocenters. The number of ether oxygens (including phenoxy) is 1. The van der Waals surface area contributed by atoms with E-state index >= 15 is 0 Å². The molecule has 200 valence electrons. The molecule has 1 heterocycles. The Labute approximate surface area is 225 Å². The Kier molecular flexibility index (Phi) is 8.54. The fourth-order valence-corrected chi connectivity index (χ4v) is 5.33. The Balaban J connectivity index is 1.61. The maximum Gasteiger partial charge on any atom is 0.323 e. The molecule has 0 radical (unpaired) electrons. The van der Waals surface area contributed by atoms with Crippen LogP contribution in [0.4, 0.5) is 16.2 Å². The largest absolute Gasteiger partial charge is 0.495 e. The molecule has 4 N–H and O–H groups in total. The fourth-order valence-electron chi connectivity index (χ4n) is 3.91. The van der Waals surface area contributed by atoms with Gasteiger partial charge in [0.05, 0.1) is 31.5 Å². The number of aliphatic carboxylic acids is 1. The van der Waals surface area contributed by atoms with Gasteiger partial charge in [0.15, 0.2) is 0 Å². The minimum absolute atomic E-state index is 0.0958. The molecule has 4 aromatic rings. The average molecular weight is 547 g/mol. The number of amides is 2. The molecule has 0 saturated heterocycles. The van der Waals surface area contributed by atoms with E-state index in [1.54, 1.807) is 79.0 Å². The van der Waals surface area contributed by atoms with E-state index in [4.69, 9.17) is 4.74 Å². The molecule has 0 aliphatic heterocycles. The topological polar surface area (TPSA) is 147 Å². The SMILES string of the molecule is COc1ccc(-c2cccc(NC(=O)Nc3cccnc3)c2)cc1S(=O)(=O)NC(CC(=O)O)c1ccccc1. The summed E-state index contributed by atoms with van der Waals surface area (Å²) in [4.78, 5) is 27.7. The van der Waals surface area contributed by atoms with Gasteiger partial charge in [0.25, 0.3) is 0 Å². The third kappa shape index (κ3) is 7.18. The molecule has 0 aliphatic rings. The molecule has 0 aliphatic carbocycles. The highest BCUT2D eigenvalue weighted by Gasteiger charge is 2.27. The number of nitrogens with zero attached hydrogens (tertiary/aromatic N) is 1. The second-order valence-electron chi connectivity index (χ2n) is 8.45. The first-order valence-electron chi connectivity index (χ1n) is 11.8. The molecule has 4 rings (SSSR count). The Bertz CT molecular complexity index is 1560. The van der Waals surface area contributed by atoms with Crippen molar-refractivity contribution >= 4 is 33.4 Å². The van der Waals surface area contributed by atoms with Crippen molar-refractivity contribution in [2.24, 2.45) is 0 Å². The Morgan fingerprint density at radius 3 is 2.31 bits per heavy atom. The molecular weight excluding hydrogens is 520 g/mol.